The van der Waals surface area contributed by atoms with E-state index in [0.29, 0.717) is 11.5 Å². The summed E-state index contributed by atoms with van der Waals surface area (Å²) in [6.45, 7) is 6.67. The van der Waals surface area contributed by atoms with Crippen LogP contribution < -0.4 is 5.32 Å². The third-order valence-electron chi connectivity index (χ3n) is 3.09. The molecule has 2 rings (SSSR count). The number of hydrogen-bond acceptors (Lipinski definition) is 6. The quantitative estimate of drug-likeness (QED) is 0.649. The Morgan fingerprint density at radius 1 is 1.43 bits per heavy atom. The van der Waals surface area contributed by atoms with Gasteiger partial charge >= 0.3 is 0 Å². The van der Waals surface area contributed by atoms with Crippen molar-refractivity contribution in [1.82, 2.24) is 15.5 Å². The van der Waals surface area contributed by atoms with Crippen LogP contribution in [0.1, 0.15) is 37.8 Å². The van der Waals surface area contributed by atoms with Crippen molar-refractivity contribution in [3.05, 3.63) is 39.8 Å². The molecule has 1 N–H and O–H groups in total. The molecule has 21 heavy (non-hydrogen) atoms. The van der Waals surface area contributed by atoms with Crippen molar-refractivity contribution in [1.29, 1.82) is 0 Å². The largest absolute Gasteiger partial charge is 0.419 e. The lowest BCUT2D eigenvalue weighted by molar-refractivity contribution is -0.384. The van der Waals surface area contributed by atoms with E-state index in [2.05, 4.69) is 22.4 Å². The zero-order valence-electron chi connectivity index (χ0n) is 12.3. The van der Waals surface area contributed by atoms with Crippen LogP contribution in [0.5, 0.6) is 0 Å². The number of benzene rings is 1. The van der Waals surface area contributed by atoms with Crippen molar-refractivity contribution in [3.63, 3.8) is 0 Å². The summed E-state index contributed by atoms with van der Waals surface area (Å²) < 4.78 is 5.59. The smallest absolute Gasteiger partial charge is 0.282 e. The first-order valence-corrected chi connectivity index (χ1v) is 6.85. The lowest BCUT2D eigenvalue weighted by atomic mass is 10.1. The highest BCUT2D eigenvalue weighted by Crippen LogP contribution is 2.30. The fourth-order valence-corrected chi connectivity index (χ4v) is 1.95. The summed E-state index contributed by atoms with van der Waals surface area (Å²) in [6.07, 6.45) is 0.995. The van der Waals surface area contributed by atoms with E-state index < -0.39 is 4.92 Å². The van der Waals surface area contributed by atoms with E-state index >= 15 is 0 Å². The second kappa shape index (κ2) is 6.45. The van der Waals surface area contributed by atoms with Gasteiger partial charge in [-0.15, -0.1) is 10.2 Å². The minimum absolute atomic E-state index is 0.0371. The topological polar surface area (TPSA) is 94.1 Å². The first-order chi connectivity index (χ1) is 10.0. The van der Waals surface area contributed by atoms with E-state index in [0.717, 1.165) is 18.5 Å². The maximum atomic E-state index is 11.1. The number of nitrogens with one attached hydrogen (secondary N) is 1. The van der Waals surface area contributed by atoms with E-state index in [1.807, 2.05) is 13.8 Å². The third-order valence-corrected chi connectivity index (χ3v) is 3.09. The molecule has 1 heterocycles. The lowest BCUT2D eigenvalue weighted by Crippen LogP contribution is -2.19. The van der Waals surface area contributed by atoms with Crippen LogP contribution in [0.15, 0.2) is 22.6 Å². The summed E-state index contributed by atoms with van der Waals surface area (Å²) in [7, 11) is 0. The Balaban J connectivity index is 2.33. The Bertz CT molecular complexity index is 639. The molecule has 0 aliphatic heterocycles. The minimum atomic E-state index is -0.447. The predicted octanol–water partition coefficient (Wildman–Crippen LogP) is 3.01. The zero-order chi connectivity index (χ0) is 15.4. The molecule has 7 nitrogen and oxygen atoms in total. The first kappa shape index (κ1) is 15.1. The summed E-state index contributed by atoms with van der Waals surface area (Å²) in [5.74, 6) is 0.597. The molecule has 0 bridgehead atoms. The zero-order valence-corrected chi connectivity index (χ0v) is 12.3. The van der Waals surface area contributed by atoms with E-state index in [1.54, 1.807) is 12.1 Å². The highest BCUT2D eigenvalue weighted by Gasteiger charge is 2.21. The summed E-state index contributed by atoms with van der Waals surface area (Å²) in [5, 5.41) is 22.2. The van der Waals surface area contributed by atoms with Crippen molar-refractivity contribution in [3.8, 4) is 11.5 Å². The Labute approximate surface area is 122 Å². The number of aryl methyl sites for hydroxylation is 1. The van der Waals surface area contributed by atoms with Gasteiger partial charge in [0, 0.05) is 6.07 Å². The molecule has 1 atom stereocenters. The molecule has 7 heteroatoms. The first-order valence-electron chi connectivity index (χ1n) is 6.85. The van der Waals surface area contributed by atoms with Crippen molar-refractivity contribution >= 4 is 5.69 Å². The molecule has 0 radical (unpaired) electrons. The van der Waals surface area contributed by atoms with Crippen LogP contribution in [0.3, 0.4) is 0 Å². The summed E-state index contributed by atoms with van der Waals surface area (Å²) >= 11 is 0. The molecule has 0 aliphatic carbocycles. The average Bonchev–Trinajstić information content (AvgIpc) is 2.94. The maximum Gasteiger partial charge on any atom is 0.282 e. The molecular weight excluding hydrogens is 272 g/mol. The van der Waals surface area contributed by atoms with Crippen molar-refractivity contribution in [2.24, 2.45) is 0 Å². The highest BCUT2D eigenvalue weighted by atomic mass is 16.6. The molecule has 0 saturated heterocycles. The van der Waals surface area contributed by atoms with E-state index in [1.165, 1.54) is 6.07 Å². The molecule has 0 aliphatic rings. The van der Waals surface area contributed by atoms with Gasteiger partial charge in [0.25, 0.3) is 11.6 Å². The molecule has 1 unspecified atom stereocenters. The third kappa shape index (κ3) is 3.43. The van der Waals surface area contributed by atoms with Gasteiger partial charge in [-0.05, 0) is 38.4 Å². The lowest BCUT2D eigenvalue weighted by Gasteiger charge is -2.07. The van der Waals surface area contributed by atoms with E-state index in [4.69, 9.17) is 4.42 Å². The Kier molecular flexibility index (Phi) is 4.64. The van der Waals surface area contributed by atoms with Gasteiger partial charge in [-0.3, -0.25) is 10.1 Å². The average molecular weight is 290 g/mol. The van der Waals surface area contributed by atoms with E-state index in [9.17, 15) is 10.1 Å². The van der Waals surface area contributed by atoms with Crippen molar-refractivity contribution in [2.45, 2.75) is 33.2 Å². The van der Waals surface area contributed by atoms with Gasteiger partial charge in [-0.25, -0.2) is 0 Å². The van der Waals surface area contributed by atoms with Gasteiger partial charge in [-0.2, -0.15) is 0 Å². The number of hydrogen-bond donors (Lipinski definition) is 1. The van der Waals surface area contributed by atoms with E-state index in [-0.39, 0.29) is 17.6 Å². The minimum Gasteiger partial charge on any atom is -0.419 e. The summed E-state index contributed by atoms with van der Waals surface area (Å²) in [5.41, 5.74) is 1.21. The standard InChI is InChI=1S/C14H18N4O3/c1-4-7-15-10(3)13-16-17-14(21-13)11-8-9(2)5-6-12(11)18(19)20/h5-6,8,10,15H,4,7H2,1-3H3. The molecular formula is C14H18N4O3. The number of nitro groups is 1. The second-order valence-corrected chi connectivity index (χ2v) is 4.90. The Morgan fingerprint density at radius 2 is 2.19 bits per heavy atom. The van der Waals surface area contributed by atoms with Crippen LogP contribution in [-0.4, -0.2) is 21.7 Å². The van der Waals surface area contributed by atoms with Gasteiger partial charge in [0.2, 0.25) is 5.89 Å². The summed E-state index contributed by atoms with van der Waals surface area (Å²) in [6, 6.07) is 4.73. The van der Waals surface area contributed by atoms with Gasteiger partial charge < -0.3 is 9.73 Å². The Hall–Kier alpha value is -2.28. The van der Waals surface area contributed by atoms with Crippen LogP contribution in [-0.2, 0) is 0 Å². The van der Waals surface area contributed by atoms with Gasteiger partial charge in [0.15, 0.2) is 0 Å². The van der Waals surface area contributed by atoms with Crippen LogP contribution >= 0.6 is 0 Å². The molecule has 1 aromatic carbocycles. The Morgan fingerprint density at radius 3 is 2.86 bits per heavy atom. The summed E-state index contributed by atoms with van der Waals surface area (Å²) in [4.78, 5) is 10.6. The fraction of sp³-hybridized carbons (Fsp3) is 0.429. The van der Waals surface area contributed by atoms with Gasteiger partial charge in [-0.1, -0.05) is 13.0 Å². The fourth-order valence-electron chi connectivity index (χ4n) is 1.95. The van der Waals surface area contributed by atoms with Crippen molar-refractivity contribution in [2.75, 3.05) is 6.54 Å². The predicted molar refractivity (Wildman–Crippen MR) is 77.8 cm³/mol. The monoisotopic (exact) mass is 290 g/mol. The van der Waals surface area contributed by atoms with Crippen LogP contribution in [0, 0.1) is 17.0 Å². The van der Waals surface area contributed by atoms with Crippen molar-refractivity contribution < 1.29 is 9.34 Å². The highest BCUT2D eigenvalue weighted by molar-refractivity contribution is 5.67. The second-order valence-electron chi connectivity index (χ2n) is 4.90. The molecule has 0 amide bonds. The molecule has 112 valence electrons. The SMILES string of the molecule is CCCNC(C)c1nnc(-c2cc(C)ccc2[N+](=O)[O-])o1. The normalized spacial score (nSPS) is 12.3. The van der Waals surface area contributed by atoms with Gasteiger partial charge in [0.1, 0.15) is 5.56 Å². The molecule has 0 saturated carbocycles. The molecule has 0 spiro atoms. The number of rotatable bonds is 6. The van der Waals surface area contributed by atoms with Crippen LogP contribution in [0.4, 0.5) is 5.69 Å². The number of aromatic nitrogens is 2. The molecule has 2 aromatic rings. The van der Waals surface area contributed by atoms with Gasteiger partial charge in [0.05, 0.1) is 11.0 Å². The van der Waals surface area contributed by atoms with Crippen LogP contribution in [0.25, 0.3) is 11.5 Å². The molecule has 1 aromatic heterocycles. The number of nitro benzene ring substituents is 1. The van der Waals surface area contributed by atoms with Crippen LogP contribution in [0.2, 0.25) is 0 Å². The molecule has 0 fully saturated rings. The number of nitrogens with zero attached hydrogens (tertiary/aromatic N) is 3. The maximum absolute atomic E-state index is 11.1.